The Morgan fingerprint density at radius 2 is 2.05 bits per heavy atom. The molecule has 2 amide bonds. The number of likely N-dealkylation sites (tertiary alicyclic amines) is 1. The average Bonchev–Trinajstić information content (AvgIpc) is 2.53. The van der Waals surface area contributed by atoms with Crippen LogP contribution in [-0.2, 0) is 0 Å². The lowest BCUT2D eigenvalue weighted by molar-refractivity contribution is 0.0558. The molecule has 1 fully saturated rings. The predicted octanol–water partition coefficient (Wildman–Crippen LogP) is 1.38. The molecule has 114 valence electrons. The Hall–Kier alpha value is -1.88. The molecule has 21 heavy (non-hydrogen) atoms. The maximum Gasteiger partial charge on any atom is 0.254 e. The molecule has 0 spiro atoms. The summed E-state index contributed by atoms with van der Waals surface area (Å²) in [6, 6.07) is 6.65. The Kier molecular flexibility index (Phi) is 4.96. The summed E-state index contributed by atoms with van der Waals surface area (Å²) in [4.78, 5) is 25.7. The molecule has 0 aliphatic carbocycles. The zero-order valence-corrected chi connectivity index (χ0v) is 12.4. The summed E-state index contributed by atoms with van der Waals surface area (Å²) in [5, 5.41) is 0. The van der Waals surface area contributed by atoms with Crippen LogP contribution in [-0.4, -0.2) is 35.8 Å². The Labute approximate surface area is 125 Å². The van der Waals surface area contributed by atoms with Gasteiger partial charge in [0.1, 0.15) is 0 Å². The summed E-state index contributed by atoms with van der Waals surface area (Å²) in [7, 11) is 0. The Bertz CT molecular complexity index is 530. The highest BCUT2D eigenvalue weighted by Gasteiger charge is 2.30. The summed E-state index contributed by atoms with van der Waals surface area (Å²) < 4.78 is 0. The first kappa shape index (κ1) is 15.5. The first-order valence-corrected chi connectivity index (χ1v) is 7.47. The van der Waals surface area contributed by atoms with E-state index in [2.05, 4.69) is 6.92 Å². The normalized spacial score (nSPS) is 22.1. The van der Waals surface area contributed by atoms with Gasteiger partial charge in [0.15, 0.2) is 0 Å². The number of carbonyl (C=O) groups excluding carboxylic acids is 2. The second-order valence-corrected chi connectivity index (χ2v) is 5.63. The molecule has 1 aromatic rings. The minimum atomic E-state index is -0.523. The van der Waals surface area contributed by atoms with Crippen molar-refractivity contribution in [1.29, 1.82) is 0 Å². The highest BCUT2D eigenvalue weighted by atomic mass is 16.2. The molecular weight excluding hydrogens is 266 g/mol. The van der Waals surface area contributed by atoms with Crippen molar-refractivity contribution in [3.8, 4) is 0 Å². The van der Waals surface area contributed by atoms with Gasteiger partial charge in [0.05, 0.1) is 0 Å². The third kappa shape index (κ3) is 3.42. The highest BCUT2D eigenvalue weighted by Crippen LogP contribution is 2.26. The second-order valence-electron chi connectivity index (χ2n) is 5.63. The van der Waals surface area contributed by atoms with Gasteiger partial charge in [-0.1, -0.05) is 19.4 Å². The number of hydrogen-bond acceptors (Lipinski definition) is 3. The maximum atomic E-state index is 12.7. The topological polar surface area (TPSA) is 89.4 Å². The standard InChI is InChI=1S/C16H23N3O2/c1-2-11-6-7-19(14(8-11)10-17)16(21)13-5-3-4-12(9-13)15(18)20/h3-5,9,11,14H,2,6-8,10,17H2,1H3,(H2,18,20). The van der Waals surface area contributed by atoms with Crippen molar-refractivity contribution in [3.05, 3.63) is 35.4 Å². The number of amides is 2. The van der Waals surface area contributed by atoms with Crippen molar-refractivity contribution in [2.45, 2.75) is 32.2 Å². The van der Waals surface area contributed by atoms with E-state index < -0.39 is 5.91 Å². The molecular formula is C16H23N3O2. The van der Waals surface area contributed by atoms with E-state index in [0.29, 0.717) is 23.6 Å². The molecule has 5 nitrogen and oxygen atoms in total. The first-order valence-electron chi connectivity index (χ1n) is 7.47. The fourth-order valence-corrected chi connectivity index (χ4v) is 2.97. The fourth-order valence-electron chi connectivity index (χ4n) is 2.97. The third-order valence-corrected chi connectivity index (χ3v) is 4.33. The van der Waals surface area contributed by atoms with Gasteiger partial charge in [-0.2, -0.15) is 0 Å². The van der Waals surface area contributed by atoms with Gasteiger partial charge in [-0.15, -0.1) is 0 Å². The van der Waals surface area contributed by atoms with Gasteiger partial charge in [0, 0.05) is 30.3 Å². The van der Waals surface area contributed by atoms with Crippen LogP contribution in [0.1, 0.15) is 46.9 Å². The van der Waals surface area contributed by atoms with E-state index in [1.54, 1.807) is 24.3 Å². The number of piperidine rings is 1. The maximum absolute atomic E-state index is 12.7. The Balaban J connectivity index is 2.19. The number of benzene rings is 1. The van der Waals surface area contributed by atoms with Crippen LogP contribution in [0.5, 0.6) is 0 Å². The lowest BCUT2D eigenvalue weighted by Gasteiger charge is -2.39. The summed E-state index contributed by atoms with van der Waals surface area (Å²) >= 11 is 0. The number of primary amides is 1. The summed E-state index contributed by atoms with van der Waals surface area (Å²) in [6.45, 7) is 3.36. The molecule has 5 heteroatoms. The molecule has 1 saturated heterocycles. The van der Waals surface area contributed by atoms with E-state index in [0.717, 1.165) is 25.8 Å². The molecule has 2 unspecified atom stereocenters. The van der Waals surface area contributed by atoms with Gasteiger partial charge < -0.3 is 16.4 Å². The van der Waals surface area contributed by atoms with Crippen LogP contribution in [0.4, 0.5) is 0 Å². The Morgan fingerprint density at radius 3 is 2.67 bits per heavy atom. The van der Waals surface area contributed by atoms with Gasteiger partial charge in [-0.05, 0) is 37.0 Å². The van der Waals surface area contributed by atoms with Crippen LogP contribution in [0.15, 0.2) is 24.3 Å². The number of rotatable bonds is 4. The largest absolute Gasteiger partial charge is 0.366 e. The van der Waals surface area contributed by atoms with Gasteiger partial charge in [-0.3, -0.25) is 9.59 Å². The van der Waals surface area contributed by atoms with Crippen LogP contribution in [0, 0.1) is 5.92 Å². The molecule has 0 saturated carbocycles. The molecule has 1 heterocycles. The van der Waals surface area contributed by atoms with Crippen molar-refractivity contribution in [1.82, 2.24) is 4.90 Å². The van der Waals surface area contributed by atoms with E-state index in [-0.39, 0.29) is 11.9 Å². The van der Waals surface area contributed by atoms with Crippen molar-refractivity contribution in [2.75, 3.05) is 13.1 Å². The number of hydrogen-bond donors (Lipinski definition) is 2. The molecule has 2 rings (SSSR count). The number of carbonyl (C=O) groups is 2. The zero-order valence-electron chi connectivity index (χ0n) is 12.4. The van der Waals surface area contributed by atoms with Crippen LogP contribution in [0.2, 0.25) is 0 Å². The van der Waals surface area contributed by atoms with Gasteiger partial charge in [-0.25, -0.2) is 0 Å². The summed E-state index contributed by atoms with van der Waals surface area (Å²) in [6.07, 6.45) is 3.08. The minimum absolute atomic E-state index is 0.0666. The third-order valence-electron chi connectivity index (χ3n) is 4.33. The zero-order chi connectivity index (χ0) is 15.4. The predicted molar refractivity (Wildman–Crippen MR) is 81.9 cm³/mol. The molecule has 0 bridgehead atoms. The van der Waals surface area contributed by atoms with E-state index in [1.807, 2.05) is 4.90 Å². The molecule has 1 aromatic carbocycles. The van der Waals surface area contributed by atoms with Gasteiger partial charge in [0.2, 0.25) is 5.91 Å². The van der Waals surface area contributed by atoms with Crippen LogP contribution >= 0.6 is 0 Å². The summed E-state index contributed by atoms with van der Waals surface area (Å²) in [5.74, 6) is 0.0485. The van der Waals surface area contributed by atoms with Gasteiger partial charge in [0.25, 0.3) is 5.91 Å². The van der Waals surface area contributed by atoms with Gasteiger partial charge >= 0.3 is 0 Å². The molecule has 0 aromatic heterocycles. The van der Waals surface area contributed by atoms with Crippen molar-refractivity contribution >= 4 is 11.8 Å². The fraction of sp³-hybridized carbons (Fsp3) is 0.500. The first-order chi connectivity index (χ1) is 10.1. The molecule has 1 aliphatic heterocycles. The average molecular weight is 289 g/mol. The SMILES string of the molecule is CCC1CCN(C(=O)c2cccc(C(N)=O)c2)C(CN)C1. The van der Waals surface area contributed by atoms with Crippen LogP contribution in [0.3, 0.4) is 0 Å². The molecule has 1 aliphatic rings. The monoisotopic (exact) mass is 289 g/mol. The van der Waals surface area contributed by atoms with Crippen molar-refractivity contribution in [3.63, 3.8) is 0 Å². The second kappa shape index (κ2) is 6.72. The smallest absolute Gasteiger partial charge is 0.254 e. The van der Waals surface area contributed by atoms with E-state index >= 15 is 0 Å². The molecule has 0 radical (unpaired) electrons. The molecule has 4 N–H and O–H groups in total. The number of nitrogens with two attached hydrogens (primary N) is 2. The van der Waals surface area contributed by atoms with Crippen LogP contribution < -0.4 is 11.5 Å². The van der Waals surface area contributed by atoms with Crippen LogP contribution in [0.25, 0.3) is 0 Å². The molecule has 2 atom stereocenters. The Morgan fingerprint density at radius 1 is 1.33 bits per heavy atom. The van der Waals surface area contributed by atoms with Crippen molar-refractivity contribution < 1.29 is 9.59 Å². The minimum Gasteiger partial charge on any atom is -0.366 e. The van der Waals surface area contributed by atoms with E-state index in [9.17, 15) is 9.59 Å². The highest BCUT2D eigenvalue weighted by molar-refractivity contribution is 5.99. The summed E-state index contributed by atoms with van der Waals surface area (Å²) in [5.41, 5.74) is 12.0. The quantitative estimate of drug-likeness (QED) is 0.877. The van der Waals surface area contributed by atoms with E-state index in [4.69, 9.17) is 11.5 Å². The van der Waals surface area contributed by atoms with E-state index in [1.165, 1.54) is 0 Å². The lowest BCUT2D eigenvalue weighted by atomic mass is 9.88. The lowest BCUT2D eigenvalue weighted by Crippen LogP contribution is -2.49. The number of nitrogens with zero attached hydrogens (tertiary/aromatic N) is 1. The van der Waals surface area contributed by atoms with Crippen molar-refractivity contribution in [2.24, 2.45) is 17.4 Å².